The number of hydrogen-bond donors (Lipinski definition) is 3. The van der Waals surface area contributed by atoms with E-state index in [0.29, 0.717) is 5.56 Å². The molecule has 2 N–H and O–H groups in total. The number of alkyl carbamates (subject to hydrolysis) is 1. The molecule has 2 atom stereocenters. The molecule has 0 aliphatic carbocycles. The molecular formula is C25H29N3O4S. The van der Waals surface area contributed by atoms with Gasteiger partial charge in [0.05, 0.1) is 0 Å². The maximum absolute atomic E-state index is 13.3. The summed E-state index contributed by atoms with van der Waals surface area (Å²) in [6, 6.07) is 18.2. The van der Waals surface area contributed by atoms with Gasteiger partial charge in [0.2, 0.25) is 5.91 Å². The molecule has 0 radical (unpaired) electrons. The second kappa shape index (κ2) is 12.0. The van der Waals surface area contributed by atoms with E-state index >= 15 is 0 Å². The number of hydrogen-bond acceptors (Lipinski definition) is 5. The van der Waals surface area contributed by atoms with Crippen molar-refractivity contribution in [3.05, 3.63) is 71.8 Å². The molecule has 2 aromatic rings. The van der Waals surface area contributed by atoms with Gasteiger partial charge >= 0.3 is 6.09 Å². The number of carbonyl (C=O) groups is 3. The highest BCUT2D eigenvalue weighted by Crippen LogP contribution is 2.22. The largest absolute Gasteiger partial charge is 0.444 e. The minimum Gasteiger partial charge on any atom is -0.444 e. The van der Waals surface area contributed by atoms with Gasteiger partial charge in [-0.05, 0) is 31.9 Å². The molecule has 0 aliphatic heterocycles. The van der Waals surface area contributed by atoms with E-state index in [4.69, 9.17) is 11.2 Å². The molecule has 174 valence electrons. The molecule has 3 amide bonds. The van der Waals surface area contributed by atoms with Gasteiger partial charge in [-0.15, -0.1) is 0 Å². The Balaban J connectivity index is 2.27. The number of amides is 3. The molecular weight excluding hydrogens is 438 g/mol. The SMILES string of the molecule is C#CN(C(=O)C(CS)NC(=O)OC(C)(C)C)C(C(=O)NCc1ccccc1)c1ccccc1. The number of nitrogens with one attached hydrogen (secondary N) is 2. The Labute approximate surface area is 200 Å². The maximum Gasteiger partial charge on any atom is 0.408 e. The number of benzene rings is 2. The lowest BCUT2D eigenvalue weighted by molar-refractivity contribution is -0.138. The van der Waals surface area contributed by atoms with Crippen molar-refractivity contribution in [1.29, 1.82) is 0 Å². The van der Waals surface area contributed by atoms with Crippen LogP contribution in [0.5, 0.6) is 0 Å². The standard InChI is InChI=1S/C25H29N3O4S/c1-5-28(23(30)20(17-33)27-24(31)32-25(2,3)4)21(19-14-10-7-11-15-19)22(29)26-16-18-12-8-6-9-13-18/h1,6-15,20-21,33H,16-17H2,2-4H3,(H,26,29)(H,27,31). The lowest BCUT2D eigenvalue weighted by Crippen LogP contribution is -2.52. The summed E-state index contributed by atoms with van der Waals surface area (Å²) in [6.45, 7) is 5.39. The van der Waals surface area contributed by atoms with E-state index in [1.807, 2.05) is 30.3 Å². The van der Waals surface area contributed by atoms with Crippen molar-refractivity contribution in [2.45, 2.75) is 45.0 Å². The van der Waals surface area contributed by atoms with E-state index < -0.39 is 35.6 Å². The monoisotopic (exact) mass is 467 g/mol. The first kappa shape index (κ1) is 25.8. The van der Waals surface area contributed by atoms with Crippen LogP contribution in [-0.4, -0.2) is 40.2 Å². The summed E-state index contributed by atoms with van der Waals surface area (Å²) in [4.78, 5) is 39.7. The van der Waals surface area contributed by atoms with Crippen LogP contribution in [0.2, 0.25) is 0 Å². The third kappa shape index (κ3) is 7.88. The first-order valence-electron chi connectivity index (χ1n) is 10.4. The summed E-state index contributed by atoms with van der Waals surface area (Å²) in [6.07, 6.45) is 4.91. The highest BCUT2D eigenvalue weighted by molar-refractivity contribution is 7.80. The summed E-state index contributed by atoms with van der Waals surface area (Å²) >= 11 is 4.18. The molecule has 0 spiro atoms. The second-order valence-corrected chi connectivity index (χ2v) is 8.60. The van der Waals surface area contributed by atoms with Crippen LogP contribution in [0, 0.1) is 12.5 Å². The van der Waals surface area contributed by atoms with Gasteiger partial charge in [0.15, 0.2) is 0 Å². The van der Waals surface area contributed by atoms with Crippen LogP contribution in [0.1, 0.15) is 37.9 Å². The zero-order chi connectivity index (χ0) is 24.4. The van der Waals surface area contributed by atoms with Crippen LogP contribution >= 0.6 is 12.6 Å². The molecule has 0 bridgehead atoms. The smallest absolute Gasteiger partial charge is 0.408 e. The predicted molar refractivity (Wildman–Crippen MR) is 130 cm³/mol. The summed E-state index contributed by atoms with van der Waals surface area (Å²) in [5.74, 6) is -1.14. The minimum absolute atomic E-state index is 0.0383. The molecule has 0 aromatic heterocycles. The predicted octanol–water partition coefficient (Wildman–Crippen LogP) is 3.29. The quantitative estimate of drug-likeness (QED) is 0.316. The molecule has 2 rings (SSSR count). The topological polar surface area (TPSA) is 87.7 Å². The Morgan fingerprint density at radius 1 is 1.06 bits per heavy atom. The van der Waals surface area contributed by atoms with Gasteiger partial charge in [-0.25, -0.2) is 4.79 Å². The molecule has 2 aromatic carbocycles. The molecule has 0 heterocycles. The van der Waals surface area contributed by atoms with Crippen molar-refractivity contribution in [2.24, 2.45) is 0 Å². The zero-order valence-electron chi connectivity index (χ0n) is 18.9. The normalized spacial score (nSPS) is 12.6. The van der Waals surface area contributed by atoms with Crippen molar-refractivity contribution in [2.75, 3.05) is 5.75 Å². The Hall–Kier alpha value is -3.44. The lowest BCUT2D eigenvalue weighted by Gasteiger charge is -2.30. The fraction of sp³-hybridized carbons (Fsp3) is 0.320. The minimum atomic E-state index is -1.10. The third-order valence-electron chi connectivity index (χ3n) is 4.48. The van der Waals surface area contributed by atoms with Crippen molar-refractivity contribution >= 4 is 30.5 Å². The Bertz CT molecular complexity index is 984. The number of carbonyl (C=O) groups excluding carboxylic acids is 3. The Morgan fingerprint density at radius 3 is 2.15 bits per heavy atom. The van der Waals surface area contributed by atoms with E-state index in [9.17, 15) is 14.4 Å². The van der Waals surface area contributed by atoms with Crippen molar-refractivity contribution < 1.29 is 19.1 Å². The zero-order valence-corrected chi connectivity index (χ0v) is 19.8. The van der Waals surface area contributed by atoms with E-state index in [1.165, 1.54) is 0 Å². The van der Waals surface area contributed by atoms with Gasteiger partial charge in [-0.2, -0.15) is 12.6 Å². The van der Waals surface area contributed by atoms with Gasteiger partial charge in [0.25, 0.3) is 5.91 Å². The van der Waals surface area contributed by atoms with E-state index in [0.717, 1.165) is 10.5 Å². The molecule has 0 fully saturated rings. The first-order valence-corrected chi connectivity index (χ1v) is 11.1. The maximum atomic E-state index is 13.3. The van der Waals surface area contributed by atoms with Crippen LogP contribution in [0.15, 0.2) is 60.7 Å². The number of terminal acetylenes is 1. The summed E-state index contributed by atoms with van der Waals surface area (Å²) < 4.78 is 5.23. The summed E-state index contributed by atoms with van der Waals surface area (Å²) in [5, 5.41) is 5.32. The highest BCUT2D eigenvalue weighted by Gasteiger charge is 2.35. The summed E-state index contributed by atoms with van der Waals surface area (Å²) in [5.41, 5.74) is 0.685. The van der Waals surface area contributed by atoms with E-state index in [-0.39, 0.29) is 12.3 Å². The van der Waals surface area contributed by atoms with Crippen LogP contribution in [0.25, 0.3) is 0 Å². The molecule has 0 saturated heterocycles. The fourth-order valence-electron chi connectivity index (χ4n) is 3.00. The highest BCUT2D eigenvalue weighted by atomic mass is 32.1. The average molecular weight is 468 g/mol. The summed E-state index contributed by atoms with van der Waals surface area (Å²) in [7, 11) is 0. The second-order valence-electron chi connectivity index (χ2n) is 8.24. The molecule has 2 unspecified atom stereocenters. The molecule has 7 nitrogen and oxygen atoms in total. The molecule has 0 aliphatic rings. The van der Waals surface area contributed by atoms with E-state index in [1.54, 1.807) is 51.1 Å². The van der Waals surface area contributed by atoms with Crippen LogP contribution in [0.4, 0.5) is 4.79 Å². The van der Waals surface area contributed by atoms with Gasteiger partial charge in [-0.3, -0.25) is 14.5 Å². The number of rotatable bonds is 8. The van der Waals surface area contributed by atoms with Gasteiger partial charge in [0.1, 0.15) is 17.7 Å². The van der Waals surface area contributed by atoms with Crippen LogP contribution < -0.4 is 10.6 Å². The molecule has 0 saturated carbocycles. The van der Waals surface area contributed by atoms with Crippen molar-refractivity contribution in [3.63, 3.8) is 0 Å². The number of ether oxygens (including phenoxy) is 1. The van der Waals surface area contributed by atoms with Gasteiger partial charge in [-0.1, -0.05) is 67.1 Å². The van der Waals surface area contributed by atoms with Crippen molar-refractivity contribution in [3.8, 4) is 12.5 Å². The van der Waals surface area contributed by atoms with Crippen LogP contribution in [0.3, 0.4) is 0 Å². The lowest BCUT2D eigenvalue weighted by atomic mass is 10.0. The Morgan fingerprint density at radius 2 is 1.64 bits per heavy atom. The molecule has 8 heteroatoms. The first-order chi connectivity index (χ1) is 15.7. The number of nitrogens with zero attached hydrogens (tertiary/aromatic N) is 1. The number of thiol groups is 1. The van der Waals surface area contributed by atoms with Crippen LogP contribution in [-0.2, 0) is 20.9 Å². The fourth-order valence-corrected chi connectivity index (χ4v) is 3.25. The van der Waals surface area contributed by atoms with Gasteiger partial charge in [0, 0.05) is 18.3 Å². The van der Waals surface area contributed by atoms with Crippen molar-refractivity contribution in [1.82, 2.24) is 15.5 Å². The third-order valence-corrected chi connectivity index (χ3v) is 4.84. The Kier molecular flexibility index (Phi) is 9.37. The molecule has 33 heavy (non-hydrogen) atoms. The van der Waals surface area contributed by atoms with Gasteiger partial charge < -0.3 is 15.4 Å². The average Bonchev–Trinajstić information content (AvgIpc) is 2.79. The van der Waals surface area contributed by atoms with E-state index in [2.05, 4.69) is 29.3 Å².